The van der Waals surface area contributed by atoms with Crippen LogP contribution in [0.25, 0.3) is 0 Å². The summed E-state index contributed by atoms with van der Waals surface area (Å²) in [5.74, 6) is -0.639. The van der Waals surface area contributed by atoms with Crippen LogP contribution in [0.4, 0.5) is 0 Å². The Hall–Kier alpha value is -0.610. The van der Waals surface area contributed by atoms with E-state index in [1.54, 1.807) is 0 Å². The van der Waals surface area contributed by atoms with Gasteiger partial charge in [0.15, 0.2) is 0 Å². The molecule has 104 valence electrons. The highest BCUT2D eigenvalue weighted by Gasteiger charge is 2.45. The topological polar surface area (TPSA) is 49.8 Å². The summed E-state index contributed by atoms with van der Waals surface area (Å²) in [6.07, 6.45) is 7.45. The number of likely N-dealkylation sites (tertiary alicyclic amines) is 1. The van der Waals surface area contributed by atoms with Crippen LogP contribution in [-0.4, -0.2) is 47.3 Å². The van der Waals surface area contributed by atoms with E-state index in [-0.39, 0.29) is 0 Å². The predicted molar refractivity (Wildman–Crippen MR) is 69.7 cm³/mol. The minimum absolute atomic E-state index is 0.424. The molecule has 18 heavy (non-hydrogen) atoms. The molecule has 0 aromatic carbocycles. The zero-order valence-corrected chi connectivity index (χ0v) is 11.4. The first-order chi connectivity index (χ1) is 8.69. The molecule has 2 heterocycles. The molecule has 1 N–H and O–H groups in total. The van der Waals surface area contributed by atoms with Crippen LogP contribution < -0.4 is 0 Å². The molecule has 0 amide bonds. The fourth-order valence-electron chi connectivity index (χ4n) is 3.44. The maximum atomic E-state index is 11.5. The lowest BCUT2D eigenvalue weighted by Gasteiger charge is -2.34. The average molecular weight is 255 g/mol. The third-order valence-corrected chi connectivity index (χ3v) is 4.58. The Morgan fingerprint density at radius 2 is 2.33 bits per heavy atom. The SMILES string of the molecule is CCC1(C(=O)O)CCCN1CCCC1CCCO1. The normalized spacial score (nSPS) is 33.1. The minimum Gasteiger partial charge on any atom is -0.480 e. The van der Waals surface area contributed by atoms with Gasteiger partial charge in [-0.2, -0.15) is 0 Å². The highest BCUT2D eigenvalue weighted by atomic mass is 16.5. The van der Waals surface area contributed by atoms with Crippen molar-refractivity contribution in [3.63, 3.8) is 0 Å². The number of aliphatic carboxylic acids is 1. The number of nitrogens with zero attached hydrogens (tertiary/aromatic N) is 1. The Kier molecular flexibility index (Phi) is 4.62. The lowest BCUT2D eigenvalue weighted by molar-refractivity contribution is -0.150. The molecule has 4 heteroatoms. The Morgan fingerprint density at radius 3 is 2.94 bits per heavy atom. The first-order valence-electron chi connectivity index (χ1n) is 7.29. The lowest BCUT2D eigenvalue weighted by Crippen LogP contribution is -2.50. The van der Waals surface area contributed by atoms with Gasteiger partial charge >= 0.3 is 5.97 Å². The molecule has 0 aromatic rings. The molecule has 0 saturated carbocycles. The first-order valence-corrected chi connectivity index (χ1v) is 7.29. The summed E-state index contributed by atoms with van der Waals surface area (Å²) in [4.78, 5) is 13.7. The van der Waals surface area contributed by atoms with Crippen LogP contribution in [0.1, 0.15) is 51.9 Å². The smallest absolute Gasteiger partial charge is 0.324 e. The second-order valence-corrected chi connectivity index (χ2v) is 5.56. The molecule has 0 aromatic heterocycles. The van der Waals surface area contributed by atoms with Crippen molar-refractivity contribution < 1.29 is 14.6 Å². The van der Waals surface area contributed by atoms with Crippen molar-refractivity contribution in [2.75, 3.05) is 19.7 Å². The van der Waals surface area contributed by atoms with Gasteiger partial charge in [-0.3, -0.25) is 9.69 Å². The van der Waals surface area contributed by atoms with E-state index in [1.807, 2.05) is 6.92 Å². The highest BCUT2D eigenvalue weighted by Crippen LogP contribution is 2.33. The molecule has 2 aliphatic rings. The van der Waals surface area contributed by atoms with Crippen molar-refractivity contribution in [3.05, 3.63) is 0 Å². The number of carbonyl (C=O) groups is 1. The van der Waals surface area contributed by atoms with E-state index >= 15 is 0 Å². The van der Waals surface area contributed by atoms with Crippen molar-refractivity contribution in [3.8, 4) is 0 Å². The molecule has 2 aliphatic heterocycles. The van der Waals surface area contributed by atoms with Gasteiger partial charge in [-0.05, 0) is 58.0 Å². The number of hydrogen-bond donors (Lipinski definition) is 1. The molecule has 0 spiro atoms. The molecular weight excluding hydrogens is 230 g/mol. The molecule has 2 unspecified atom stereocenters. The zero-order chi connectivity index (χ0) is 13.0. The van der Waals surface area contributed by atoms with Crippen molar-refractivity contribution in [2.24, 2.45) is 0 Å². The summed E-state index contributed by atoms with van der Waals surface area (Å²) in [6.45, 7) is 4.74. The Labute approximate surface area is 109 Å². The van der Waals surface area contributed by atoms with E-state index < -0.39 is 11.5 Å². The van der Waals surface area contributed by atoms with Crippen LogP contribution in [0, 0.1) is 0 Å². The number of carboxylic acid groups (broad SMARTS) is 1. The average Bonchev–Trinajstić information content (AvgIpc) is 2.98. The predicted octanol–water partition coefficient (Wildman–Crippen LogP) is 2.27. The second-order valence-electron chi connectivity index (χ2n) is 5.56. The van der Waals surface area contributed by atoms with E-state index in [1.165, 1.54) is 12.8 Å². The van der Waals surface area contributed by atoms with Crippen LogP contribution >= 0.6 is 0 Å². The lowest BCUT2D eigenvalue weighted by atomic mass is 9.93. The minimum atomic E-state index is -0.639. The zero-order valence-electron chi connectivity index (χ0n) is 11.4. The second kappa shape index (κ2) is 6.02. The van der Waals surface area contributed by atoms with Crippen LogP contribution in [0.15, 0.2) is 0 Å². The summed E-state index contributed by atoms with van der Waals surface area (Å²) in [7, 11) is 0. The van der Waals surface area contributed by atoms with E-state index in [0.717, 1.165) is 45.4 Å². The van der Waals surface area contributed by atoms with Crippen molar-refractivity contribution in [1.29, 1.82) is 0 Å². The Bertz CT molecular complexity index is 289. The van der Waals surface area contributed by atoms with Gasteiger partial charge in [0.1, 0.15) is 5.54 Å². The molecule has 2 atom stereocenters. The van der Waals surface area contributed by atoms with Gasteiger partial charge in [0, 0.05) is 6.61 Å². The standard InChI is InChI=1S/C14H25NO3/c1-2-14(13(16)17)8-5-10-15(14)9-3-6-12-7-4-11-18-12/h12H,2-11H2,1H3,(H,16,17). The number of carboxylic acids is 1. The summed E-state index contributed by atoms with van der Waals surface area (Å²) >= 11 is 0. The van der Waals surface area contributed by atoms with E-state index in [9.17, 15) is 9.90 Å². The number of ether oxygens (including phenoxy) is 1. The fourth-order valence-corrected chi connectivity index (χ4v) is 3.44. The molecule has 0 radical (unpaired) electrons. The van der Waals surface area contributed by atoms with E-state index in [0.29, 0.717) is 12.5 Å². The number of rotatable bonds is 6. The van der Waals surface area contributed by atoms with Gasteiger partial charge in [0.25, 0.3) is 0 Å². The molecular formula is C14H25NO3. The summed E-state index contributed by atoms with van der Waals surface area (Å²) in [6, 6.07) is 0. The van der Waals surface area contributed by atoms with E-state index in [4.69, 9.17) is 4.74 Å². The Morgan fingerprint density at radius 1 is 1.50 bits per heavy atom. The maximum Gasteiger partial charge on any atom is 0.324 e. The van der Waals surface area contributed by atoms with Crippen molar-refractivity contribution in [1.82, 2.24) is 4.90 Å². The van der Waals surface area contributed by atoms with E-state index in [2.05, 4.69) is 4.90 Å². The first kappa shape index (κ1) is 13.8. The Balaban J connectivity index is 1.81. The number of hydrogen-bond acceptors (Lipinski definition) is 3. The van der Waals surface area contributed by atoms with Crippen molar-refractivity contribution >= 4 is 5.97 Å². The molecule has 2 saturated heterocycles. The fraction of sp³-hybridized carbons (Fsp3) is 0.929. The van der Waals surface area contributed by atoms with Gasteiger partial charge in [0.2, 0.25) is 0 Å². The van der Waals surface area contributed by atoms with Crippen LogP contribution in [0.2, 0.25) is 0 Å². The van der Waals surface area contributed by atoms with Crippen molar-refractivity contribution in [2.45, 2.75) is 63.5 Å². The largest absolute Gasteiger partial charge is 0.480 e. The van der Waals surface area contributed by atoms with Gasteiger partial charge in [-0.15, -0.1) is 0 Å². The van der Waals surface area contributed by atoms with Crippen LogP contribution in [0.3, 0.4) is 0 Å². The van der Waals surface area contributed by atoms with Crippen LogP contribution in [-0.2, 0) is 9.53 Å². The van der Waals surface area contributed by atoms with Gasteiger partial charge < -0.3 is 9.84 Å². The third kappa shape index (κ3) is 2.69. The summed E-state index contributed by atoms with van der Waals surface area (Å²) < 4.78 is 5.61. The molecule has 0 bridgehead atoms. The summed E-state index contributed by atoms with van der Waals surface area (Å²) in [5, 5.41) is 9.48. The molecule has 2 fully saturated rings. The summed E-state index contributed by atoms with van der Waals surface area (Å²) in [5.41, 5.74) is -0.587. The molecule has 2 rings (SSSR count). The highest BCUT2D eigenvalue weighted by molar-refractivity contribution is 5.79. The molecule has 0 aliphatic carbocycles. The third-order valence-electron chi connectivity index (χ3n) is 4.58. The van der Waals surface area contributed by atoms with Gasteiger partial charge in [0.05, 0.1) is 6.10 Å². The van der Waals surface area contributed by atoms with Gasteiger partial charge in [-0.25, -0.2) is 0 Å². The maximum absolute atomic E-state index is 11.5. The van der Waals surface area contributed by atoms with Crippen LogP contribution in [0.5, 0.6) is 0 Å². The molecule has 4 nitrogen and oxygen atoms in total. The van der Waals surface area contributed by atoms with Gasteiger partial charge in [-0.1, -0.05) is 6.92 Å². The monoisotopic (exact) mass is 255 g/mol. The quantitative estimate of drug-likeness (QED) is 0.791.